The van der Waals surface area contributed by atoms with Crippen molar-refractivity contribution in [3.8, 4) is 0 Å². The van der Waals surface area contributed by atoms with E-state index in [1.165, 1.54) is 56.7 Å². The molecule has 0 bridgehead atoms. The summed E-state index contributed by atoms with van der Waals surface area (Å²) in [7, 11) is 0. The number of alkyl halides is 1. The highest BCUT2D eigenvalue weighted by Gasteiger charge is 2.37. The van der Waals surface area contributed by atoms with E-state index in [0.29, 0.717) is 5.41 Å². The molecule has 0 amide bonds. The summed E-state index contributed by atoms with van der Waals surface area (Å²) in [6, 6.07) is 0. The molecule has 0 heterocycles. The van der Waals surface area contributed by atoms with Gasteiger partial charge in [-0.15, -0.1) is 0 Å². The molecule has 96 valence electrons. The van der Waals surface area contributed by atoms with Crippen molar-refractivity contribution in [3.63, 3.8) is 0 Å². The molecule has 0 spiro atoms. The molecule has 1 atom stereocenters. The summed E-state index contributed by atoms with van der Waals surface area (Å²) in [4.78, 5) is 0. The van der Waals surface area contributed by atoms with Crippen molar-refractivity contribution in [2.45, 2.75) is 72.1 Å². The second-order valence-electron chi connectivity index (χ2n) is 5.89. The number of rotatable bonds is 6. The van der Waals surface area contributed by atoms with Gasteiger partial charge in [-0.1, -0.05) is 62.4 Å². The summed E-state index contributed by atoms with van der Waals surface area (Å²) in [6.07, 6.45) is 11.5. The van der Waals surface area contributed by atoms with Crippen molar-refractivity contribution in [2.24, 2.45) is 17.3 Å². The van der Waals surface area contributed by atoms with E-state index in [4.69, 9.17) is 0 Å². The molecule has 0 saturated heterocycles. The van der Waals surface area contributed by atoms with Gasteiger partial charge in [-0.2, -0.15) is 0 Å². The van der Waals surface area contributed by atoms with Crippen LogP contribution in [-0.4, -0.2) is 5.33 Å². The molecule has 0 aromatic heterocycles. The van der Waals surface area contributed by atoms with Crippen LogP contribution in [0.2, 0.25) is 0 Å². The largest absolute Gasteiger partial charge is 0.0922 e. The molecule has 0 N–H and O–H groups in total. The van der Waals surface area contributed by atoms with Gasteiger partial charge in [0.2, 0.25) is 0 Å². The molecule has 0 aliphatic heterocycles. The summed E-state index contributed by atoms with van der Waals surface area (Å²) in [5, 5.41) is 1.22. The molecular formula is C15H29Br. The van der Waals surface area contributed by atoms with Crippen molar-refractivity contribution in [2.75, 3.05) is 5.33 Å². The Labute approximate surface area is 111 Å². The Kier molecular flexibility index (Phi) is 6.39. The molecule has 16 heavy (non-hydrogen) atoms. The zero-order chi connectivity index (χ0) is 12.0. The van der Waals surface area contributed by atoms with Gasteiger partial charge >= 0.3 is 0 Å². The number of hydrogen-bond donors (Lipinski definition) is 0. The first-order valence-corrected chi connectivity index (χ1v) is 8.36. The van der Waals surface area contributed by atoms with Gasteiger partial charge in [0, 0.05) is 5.33 Å². The maximum absolute atomic E-state index is 3.78. The van der Waals surface area contributed by atoms with Crippen LogP contribution >= 0.6 is 15.9 Å². The highest BCUT2D eigenvalue weighted by molar-refractivity contribution is 9.09. The first-order valence-electron chi connectivity index (χ1n) is 7.24. The SMILES string of the molecule is CCCCC1CCC(CBr)(C(C)CC)CC1. The van der Waals surface area contributed by atoms with E-state index in [-0.39, 0.29) is 0 Å². The van der Waals surface area contributed by atoms with Crippen molar-refractivity contribution >= 4 is 15.9 Å². The number of hydrogen-bond acceptors (Lipinski definition) is 0. The first kappa shape index (κ1) is 14.5. The van der Waals surface area contributed by atoms with Gasteiger partial charge in [-0.05, 0) is 42.9 Å². The molecule has 1 fully saturated rings. The van der Waals surface area contributed by atoms with E-state index in [1.54, 1.807) is 0 Å². The van der Waals surface area contributed by atoms with Crippen LogP contribution in [0.15, 0.2) is 0 Å². The predicted molar refractivity (Wildman–Crippen MR) is 77.2 cm³/mol. The van der Waals surface area contributed by atoms with Crippen LogP contribution in [0.3, 0.4) is 0 Å². The van der Waals surface area contributed by atoms with Gasteiger partial charge in [0.1, 0.15) is 0 Å². The second-order valence-corrected chi connectivity index (χ2v) is 6.45. The van der Waals surface area contributed by atoms with E-state index in [1.807, 2.05) is 0 Å². The third-order valence-electron chi connectivity index (χ3n) is 4.99. The van der Waals surface area contributed by atoms with Crippen LogP contribution in [-0.2, 0) is 0 Å². The number of unbranched alkanes of at least 4 members (excludes halogenated alkanes) is 1. The molecule has 0 nitrogen and oxygen atoms in total. The fourth-order valence-corrected chi connectivity index (χ4v) is 4.34. The quantitative estimate of drug-likeness (QED) is 0.542. The minimum Gasteiger partial charge on any atom is -0.0922 e. The molecule has 1 saturated carbocycles. The van der Waals surface area contributed by atoms with Crippen molar-refractivity contribution in [1.29, 1.82) is 0 Å². The highest BCUT2D eigenvalue weighted by Crippen LogP contribution is 2.47. The Morgan fingerprint density at radius 2 is 1.88 bits per heavy atom. The topological polar surface area (TPSA) is 0 Å². The van der Waals surface area contributed by atoms with Crippen LogP contribution in [0.25, 0.3) is 0 Å². The Morgan fingerprint density at radius 3 is 2.31 bits per heavy atom. The molecule has 1 unspecified atom stereocenters. The maximum Gasteiger partial charge on any atom is 0.00905 e. The van der Waals surface area contributed by atoms with Crippen LogP contribution in [0.1, 0.15) is 72.1 Å². The lowest BCUT2D eigenvalue weighted by Gasteiger charge is -2.43. The van der Waals surface area contributed by atoms with E-state index in [0.717, 1.165) is 11.8 Å². The standard InChI is InChI=1S/C15H29Br/c1-4-6-7-14-8-10-15(12-16,11-9-14)13(3)5-2/h13-14H,4-12H2,1-3H3. The third kappa shape index (κ3) is 3.48. The monoisotopic (exact) mass is 288 g/mol. The average molecular weight is 289 g/mol. The second kappa shape index (κ2) is 7.03. The van der Waals surface area contributed by atoms with Gasteiger partial charge < -0.3 is 0 Å². The lowest BCUT2D eigenvalue weighted by molar-refractivity contribution is 0.103. The van der Waals surface area contributed by atoms with Gasteiger partial charge in [-0.3, -0.25) is 0 Å². The third-order valence-corrected chi connectivity index (χ3v) is 6.11. The maximum atomic E-state index is 3.78. The van der Waals surface area contributed by atoms with E-state index >= 15 is 0 Å². The zero-order valence-electron chi connectivity index (χ0n) is 11.4. The van der Waals surface area contributed by atoms with Crippen molar-refractivity contribution < 1.29 is 0 Å². The van der Waals surface area contributed by atoms with Crippen LogP contribution in [0.5, 0.6) is 0 Å². The predicted octanol–water partition coefficient (Wildman–Crippen LogP) is 5.79. The smallest absolute Gasteiger partial charge is 0.00905 e. The minimum atomic E-state index is 0.622. The van der Waals surface area contributed by atoms with Gasteiger partial charge in [-0.25, -0.2) is 0 Å². The Bertz CT molecular complexity index is 180. The van der Waals surface area contributed by atoms with Gasteiger partial charge in [0.15, 0.2) is 0 Å². The molecule has 1 aliphatic carbocycles. The molecule has 1 rings (SSSR count). The Morgan fingerprint density at radius 1 is 1.25 bits per heavy atom. The van der Waals surface area contributed by atoms with Crippen molar-refractivity contribution in [3.05, 3.63) is 0 Å². The first-order chi connectivity index (χ1) is 7.68. The van der Waals surface area contributed by atoms with Crippen molar-refractivity contribution in [1.82, 2.24) is 0 Å². The van der Waals surface area contributed by atoms with Crippen LogP contribution in [0, 0.1) is 17.3 Å². The lowest BCUT2D eigenvalue weighted by Crippen LogP contribution is -2.35. The van der Waals surface area contributed by atoms with Gasteiger partial charge in [0.25, 0.3) is 0 Å². The fraction of sp³-hybridized carbons (Fsp3) is 1.00. The average Bonchev–Trinajstić information content (AvgIpc) is 2.36. The van der Waals surface area contributed by atoms with E-state index < -0.39 is 0 Å². The molecule has 1 aliphatic rings. The summed E-state index contributed by atoms with van der Waals surface area (Å²) in [5.74, 6) is 1.93. The summed E-state index contributed by atoms with van der Waals surface area (Å²) >= 11 is 3.78. The van der Waals surface area contributed by atoms with E-state index in [2.05, 4.69) is 36.7 Å². The molecule has 0 radical (unpaired) electrons. The van der Waals surface area contributed by atoms with E-state index in [9.17, 15) is 0 Å². The Hall–Kier alpha value is 0.480. The minimum absolute atomic E-state index is 0.622. The highest BCUT2D eigenvalue weighted by atomic mass is 79.9. The summed E-state index contributed by atoms with van der Waals surface area (Å²) in [6.45, 7) is 7.11. The van der Waals surface area contributed by atoms with Crippen LogP contribution in [0.4, 0.5) is 0 Å². The molecule has 0 aromatic carbocycles. The molecule has 1 heteroatoms. The Balaban J connectivity index is 2.44. The summed E-state index contributed by atoms with van der Waals surface area (Å²) in [5.41, 5.74) is 0.622. The number of halogens is 1. The molecular weight excluding hydrogens is 260 g/mol. The fourth-order valence-electron chi connectivity index (χ4n) is 3.23. The molecule has 0 aromatic rings. The van der Waals surface area contributed by atoms with Gasteiger partial charge in [0.05, 0.1) is 0 Å². The summed E-state index contributed by atoms with van der Waals surface area (Å²) < 4.78 is 0. The lowest BCUT2D eigenvalue weighted by atomic mass is 9.64. The zero-order valence-corrected chi connectivity index (χ0v) is 13.0. The van der Waals surface area contributed by atoms with Crippen LogP contribution < -0.4 is 0 Å². The normalized spacial score (nSPS) is 32.6.